The van der Waals surface area contributed by atoms with Gasteiger partial charge in [-0.1, -0.05) is 6.07 Å². The average molecular weight is 411 g/mol. The van der Waals surface area contributed by atoms with Crippen LogP contribution in [0, 0.1) is 20.8 Å². The Kier molecular flexibility index (Phi) is 6.30. The summed E-state index contributed by atoms with van der Waals surface area (Å²) in [5.74, 6) is 1.46. The Morgan fingerprint density at radius 3 is 2.40 bits per heavy atom. The molecule has 0 aliphatic rings. The van der Waals surface area contributed by atoms with Crippen molar-refractivity contribution in [2.45, 2.75) is 27.3 Å². The summed E-state index contributed by atoms with van der Waals surface area (Å²) in [6.45, 7) is 5.58. The number of benzene rings is 2. The summed E-state index contributed by atoms with van der Waals surface area (Å²) < 4.78 is 21.7. The summed E-state index contributed by atoms with van der Waals surface area (Å²) in [4.78, 5) is 24.3. The van der Waals surface area contributed by atoms with Crippen molar-refractivity contribution < 1.29 is 23.4 Å². The quantitative estimate of drug-likeness (QED) is 0.600. The standard InChI is InChI=1S/C23H25NO6/c1-13-8-19(22-14(2)15(3)23(26)30-20(22)9-13)29-12-21(25)24-11-16-6-7-17(27-4)18(10-16)28-5/h6-10H,11-12H2,1-5H3,(H,24,25). The van der Waals surface area contributed by atoms with Crippen LogP contribution in [0.5, 0.6) is 17.2 Å². The van der Waals surface area contributed by atoms with E-state index < -0.39 is 0 Å². The lowest BCUT2D eigenvalue weighted by atomic mass is 10.0. The molecule has 0 aliphatic carbocycles. The normalized spacial score (nSPS) is 10.7. The molecule has 0 saturated heterocycles. The van der Waals surface area contributed by atoms with Crippen LogP contribution in [0.25, 0.3) is 11.0 Å². The van der Waals surface area contributed by atoms with Crippen molar-refractivity contribution in [3.63, 3.8) is 0 Å². The molecule has 0 fully saturated rings. The zero-order valence-electron chi connectivity index (χ0n) is 17.8. The number of carbonyl (C=O) groups excluding carboxylic acids is 1. The van der Waals surface area contributed by atoms with Gasteiger partial charge >= 0.3 is 5.63 Å². The molecule has 0 saturated carbocycles. The van der Waals surface area contributed by atoms with Gasteiger partial charge in [0, 0.05) is 12.1 Å². The molecule has 158 valence electrons. The van der Waals surface area contributed by atoms with E-state index in [0.29, 0.717) is 40.3 Å². The molecule has 2 aromatic carbocycles. The van der Waals surface area contributed by atoms with Gasteiger partial charge in [0.1, 0.15) is 11.3 Å². The van der Waals surface area contributed by atoms with Crippen molar-refractivity contribution in [1.82, 2.24) is 5.32 Å². The number of amides is 1. The van der Waals surface area contributed by atoms with E-state index in [1.807, 2.05) is 32.0 Å². The zero-order chi connectivity index (χ0) is 21.8. The molecular weight excluding hydrogens is 386 g/mol. The van der Waals surface area contributed by atoms with Crippen molar-refractivity contribution in [2.75, 3.05) is 20.8 Å². The van der Waals surface area contributed by atoms with Crippen molar-refractivity contribution >= 4 is 16.9 Å². The predicted molar refractivity (Wildman–Crippen MR) is 114 cm³/mol. The fourth-order valence-corrected chi connectivity index (χ4v) is 3.19. The molecule has 3 aromatic rings. The maximum Gasteiger partial charge on any atom is 0.339 e. The van der Waals surface area contributed by atoms with Crippen LogP contribution >= 0.6 is 0 Å². The Morgan fingerprint density at radius 2 is 1.70 bits per heavy atom. The largest absolute Gasteiger partial charge is 0.493 e. The number of rotatable bonds is 7. The molecular formula is C23H25NO6. The second kappa shape index (κ2) is 8.90. The van der Waals surface area contributed by atoms with Gasteiger partial charge in [-0.25, -0.2) is 4.79 Å². The fourth-order valence-electron chi connectivity index (χ4n) is 3.19. The molecule has 30 heavy (non-hydrogen) atoms. The maximum atomic E-state index is 12.3. The van der Waals surface area contributed by atoms with Crippen LogP contribution in [-0.2, 0) is 11.3 Å². The number of carbonyl (C=O) groups is 1. The van der Waals surface area contributed by atoms with Crippen LogP contribution in [0.3, 0.4) is 0 Å². The van der Waals surface area contributed by atoms with E-state index >= 15 is 0 Å². The third-order valence-corrected chi connectivity index (χ3v) is 4.95. The lowest BCUT2D eigenvalue weighted by Crippen LogP contribution is -2.28. The van der Waals surface area contributed by atoms with Crippen LogP contribution < -0.4 is 25.2 Å². The molecule has 0 atom stereocenters. The zero-order valence-corrected chi connectivity index (χ0v) is 17.8. The summed E-state index contributed by atoms with van der Waals surface area (Å²) in [5.41, 5.74) is 3.12. The number of hydrogen-bond acceptors (Lipinski definition) is 6. The first-order chi connectivity index (χ1) is 14.3. The highest BCUT2D eigenvalue weighted by Gasteiger charge is 2.14. The number of aryl methyl sites for hydroxylation is 2. The fraction of sp³-hybridized carbons (Fsp3) is 0.304. The Bertz CT molecular complexity index is 1150. The van der Waals surface area contributed by atoms with Crippen LogP contribution in [0.2, 0.25) is 0 Å². The van der Waals surface area contributed by atoms with Gasteiger partial charge in [-0.05, 0) is 61.7 Å². The smallest absolute Gasteiger partial charge is 0.339 e. The van der Waals surface area contributed by atoms with Gasteiger partial charge in [-0.15, -0.1) is 0 Å². The Morgan fingerprint density at radius 1 is 0.967 bits per heavy atom. The molecule has 7 heteroatoms. The van der Waals surface area contributed by atoms with Gasteiger partial charge < -0.3 is 23.9 Å². The lowest BCUT2D eigenvalue weighted by molar-refractivity contribution is -0.123. The van der Waals surface area contributed by atoms with E-state index in [4.69, 9.17) is 18.6 Å². The summed E-state index contributed by atoms with van der Waals surface area (Å²) in [6, 6.07) is 9.06. The Labute approximate surface area is 174 Å². The predicted octanol–water partition coefficient (Wildman–Crippen LogP) is 3.43. The Balaban J connectivity index is 1.71. The number of nitrogens with one attached hydrogen (secondary N) is 1. The molecule has 7 nitrogen and oxygen atoms in total. The van der Waals surface area contributed by atoms with E-state index in [2.05, 4.69) is 5.32 Å². The molecule has 0 aliphatic heterocycles. The molecule has 1 N–H and O–H groups in total. The maximum absolute atomic E-state index is 12.3. The first-order valence-electron chi connectivity index (χ1n) is 9.49. The number of methoxy groups -OCH3 is 2. The first kappa shape index (κ1) is 21.2. The Hall–Kier alpha value is -3.48. The second-order valence-electron chi connectivity index (χ2n) is 7.03. The van der Waals surface area contributed by atoms with Gasteiger partial charge in [-0.3, -0.25) is 4.79 Å². The average Bonchev–Trinajstić information content (AvgIpc) is 2.73. The summed E-state index contributed by atoms with van der Waals surface area (Å²) in [6.07, 6.45) is 0. The van der Waals surface area contributed by atoms with Crippen molar-refractivity contribution in [3.8, 4) is 17.2 Å². The minimum absolute atomic E-state index is 0.163. The van der Waals surface area contributed by atoms with E-state index in [9.17, 15) is 9.59 Å². The van der Waals surface area contributed by atoms with Gasteiger partial charge in [0.25, 0.3) is 5.91 Å². The van der Waals surface area contributed by atoms with E-state index in [1.165, 1.54) is 0 Å². The second-order valence-corrected chi connectivity index (χ2v) is 7.03. The van der Waals surface area contributed by atoms with Gasteiger partial charge in [0.15, 0.2) is 18.1 Å². The number of hydrogen-bond donors (Lipinski definition) is 1. The van der Waals surface area contributed by atoms with Crippen LogP contribution in [-0.4, -0.2) is 26.7 Å². The SMILES string of the molecule is COc1ccc(CNC(=O)COc2cc(C)cc3oc(=O)c(C)c(C)c23)cc1OC. The van der Waals surface area contributed by atoms with Crippen LogP contribution in [0.15, 0.2) is 39.5 Å². The highest BCUT2D eigenvalue weighted by atomic mass is 16.5. The van der Waals surface area contributed by atoms with Crippen molar-refractivity contribution in [1.29, 1.82) is 0 Å². The van der Waals surface area contributed by atoms with Gasteiger partial charge in [-0.2, -0.15) is 0 Å². The lowest BCUT2D eigenvalue weighted by Gasteiger charge is -2.13. The summed E-state index contributed by atoms with van der Waals surface area (Å²) >= 11 is 0. The van der Waals surface area contributed by atoms with Crippen molar-refractivity contribution in [3.05, 3.63) is 63.0 Å². The van der Waals surface area contributed by atoms with E-state index in [-0.39, 0.29) is 18.1 Å². The highest BCUT2D eigenvalue weighted by molar-refractivity contribution is 5.88. The molecule has 0 radical (unpaired) electrons. The van der Waals surface area contributed by atoms with Crippen molar-refractivity contribution in [2.24, 2.45) is 0 Å². The van der Waals surface area contributed by atoms with Gasteiger partial charge in [0.05, 0.1) is 19.6 Å². The summed E-state index contributed by atoms with van der Waals surface area (Å²) in [7, 11) is 3.13. The highest BCUT2D eigenvalue weighted by Crippen LogP contribution is 2.31. The molecule has 1 heterocycles. The number of ether oxygens (including phenoxy) is 3. The number of fused-ring (bicyclic) bond motifs is 1. The minimum Gasteiger partial charge on any atom is -0.493 e. The first-order valence-corrected chi connectivity index (χ1v) is 9.49. The molecule has 0 bridgehead atoms. The third-order valence-electron chi connectivity index (χ3n) is 4.95. The monoisotopic (exact) mass is 411 g/mol. The van der Waals surface area contributed by atoms with E-state index in [1.54, 1.807) is 33.3 Å². The third kappa shape index (κ3) is 4.40. The molecule has 1 aromatic heterocycles. The molecule has 1 amide bonds. The van der Waals surface area contributed by atoms with Crippen LogP contribution in [0.4, 0.5) is 0 Å². The molecule has 0 unspecified atom stereocenters. The van der Waals surface area contributed by atoms with Crippen LogP contribution in [0.1, 0.15) is 22.3 Å². The summed E-state index contributed by atoms with van der Waals surface area (Å²) in [5, 5.41) is 3.52. The molecule has 3 rings (SSSR count). The minimum atomic E-state index is -0.371. The van der Waals surface area contributed by atoms with E-state index in [0.717, 1.165) is 16.7 Å². The van der Waals surface area contributed by atoms with Gasteiger partial charge in [0.2, 0.25) is 0 Å². The topological polar surface area (TPSA) is 87.0 Å². The molecule has 0 spiro atoms.